The third kappa shape index (κ3) is 2.48. The lowest BCUT2D eigenvalue weighted by atomic mass is 10.2. The van der Waals surface area contributed by atoms with Crippen molar-refractivity contribution in [3.8, 4) is 11.8 Å². The van der Waals surface area contributed by atoms with E-state index in [-0.39, 0.29) is 6.10 Å². The summed E-state index contributed by atoms with van der Waals surface area (Å²) < 4.78 is 8.11. The van der Waals surface area contributed by atoms with Crippen molar-refractivity contribution in [2.75, 3.05) is 0 Å². The molecule has 0 aliphatic rings. The molecule has 0 N–H and O–H groups in total. The number of nitrogens with zero attached hydrogens (tertiary/aromatic N) is 4. The molecule has 0 aliphatic heterocycles. The van der Waals surface area contributed by atoms with Crippen LogP contribution < -0.4 is 4.74 Å². The van der Waals surface area contributed by atoms with Crippen molar-refractivity contribution in [2.24, 2.45) is 0 Å². The van der Waals surface area contributed by atoms with E-state index in [1.807, 2.05) is 37.3 Å². The van der Waals surface area contributed by atoms with Crippen molar-refractivity contribution >= 4 is 21.4 Å². The van der Waals surface area contributed by atoms with E-state index in [4.69, 9.17) is 4.74 Å². The van der Waals surface area contributed by atoms with Crippen LogP contribution >= 0.6 is 15.9 Å². The third-order valence-electron chi connectivity index (χ3n) is 3.10. The standard InChI is InChI=1S/C15H11BrN4O/c1-10(12-5-2-3-7-18-12)21-13-6-4-8-20-14(13)11(9-17)15(16)19-20/h2-8,10H,1H3/t10-/m1/s1. The average molecular weight is 343 g/mol. The quantitative estimate of drug-likeness (QED) is 0.730. The summed E-state index contributed by atoms with van der Waals surface area (Å²) in [5.41, 5.74) is 1.94. The zero-order valence-electron chi connectivity index (χ0n) is 11.2. The molecule has 0 fully saturated rings. The van der Waals surface area contributed by atoms with E-state index >= 15 is 0 Å². The number of halogens is 1. The smallest absolute Gasteiger partial charge is 0.147 e. The highest BCUT2D eigenvalue weighted by Gasteiger charge is 2.17. The van der Waals surface area contributed by atoms with Gasteiger partial charge in [-0.2, -0.15) is 10.4 Å². The van der Waals surface area contributed by atoms with Gasteiger partial charge in [-0.15, -0.1) is 0 Å². The van der Waals surface area contributed by atoms with E-state index in [2.05, 4.69) is 32.1 Å². The Morgan fingerprint density at radius 3 is 2.90 bits per heavy atom. The Morgan fingerprint density at radius 1 is 1.33 bits per heavy atom. The molecular weight excluding hydrogens is 332 g/mol. The first kappa shape index (κ1) is 13.6. The van der Waals surface area contributed by atoms with Gasteiger partial charge in [0.25, 0.3) is 0 Å². The molecule has 0 radical (unpaired) electrons. The van der Waals surface area contributed by atoms with Crippen LogP contribution in [-0.4, -0.2) is 14.6 Å². The molecule has 5 nitrogen and oxygen atoms in total. The van der Waals surface area contributed by atoms with Crippen LogP contribution in [0.15, 0.2) is 47.3 Å². The Hall–Kier alpha value is -2.39. The van der Waals surface area contributed by atoms with Gasteiger partial charge in [-0.05, 0) is 47.1 Å². The number of hydrogen-bond donors (Lipinski definition) is 0. The number of fused-ring (bicyclic) bond motifs is 1. The fourth-order valence-corrected chi connectivity index (χ4v) is 2.55. The zero-order chi connectivity index (χ0) is 14.8. The van der Waals surface area contributed by atoms with Gasteiger partial charge >= 0.3 is 0 Å². The SMILES string of the molecule is C[C@@H](Oc1cccn2nc(Br)c(C#N)c12)c1ccccn1. The van der Waals surface area contributed by atoms with Crippen molar-refractivity contribution in [2.45, 2.75) is 13.0 Å². The van der Waals surface area contributed by atoms with E-state index in [1.165, 1.54) is 0 Å². The molecule has 3 aromatic rings. The predicted molar refractivity (Wildman–Crippen MR) is 80.9 cm³/mol. The van der Waals surface area contributed by atoms with Crippen LogP contribution in [0.1, 0.15) is 24.3 Å². The van der Waals surface area contributed by atoms with Crippen LogP contribution in [-0.2, 0) is 0 Å². The van der Waals surface area contributed by atoms with Gasteiger partial charge in [-0.1, -0.05) is 6.07 Å². The molecule has 21 heavy (non-hydrogen) atoms. The highest BCUT2D eigenvalue weighted by molar-refractivity contribution is 9.10. The summed E-state index contributed by atoms with van der Waals surface area (Å²) in [6.45, 7) is 1.92. The molecule has 0 amide bonds. The van der Waals surface area contributed by atoms with Gasteiger partial charge in [0.15, 0.2) is 0 Å². The van der Waals surface area contributed by atoms with Crippen LogP contribution in [0, 0.1) is 11.3 Å². The lowest BCUT2D eigenvalue weighted by Gasteiger charge is -2.14. The van der Waals surface area contributed by atoms with Gasteiger partial charge in [0, 0.05) is 12.4 Å². The average Bonchev–Trinajstić information content (AvgIpc) is 2.84. The summed E-state index contributed by atoms with van der Waals surface area (Å²) in [6, 6.07) is 11.5. The number of aromatic nitrogens is 3. The normalized spacial score (nSPS) is 12.0. The maximum atomic E-state index is 9.28. The lowest BCUT2D eigenvalue weighted by molar-refractivity contribution is 0.224. The fourth-order valence-electron chi connectivity index (χ4n) is 2.10. The predicted octanol–water partition coefficient (Wildman–Crippen LogP) is 3.50. The van der Waals surface area contributed by atoms with E-state index in [9.17, 15) is 5.26 Å². The van der Waals surface area contributed by atoms with Crippen LogP contribution in [0.5, 0.6) is 5.75 Å². The molecule has 0 bridgehead atoms. The highest BCUT2D eigenvalue weighted by atomic mass is 79.9. The molecule has 0 saturated carbocycles. The summed E-state index contributed by atoms with van der Waals surface area (Å²) >= 11 is 3.29. The molecule has 0 aromatic carbocycles. The lowest BCUT2D eigenvalue weighted by Crippen LogP contribution is -2.06. The number of hydrogen-bond acceptors (Lipinski definition) is 4. The van der Waals surface area contributed by atoms with Crippen LogP contribution in [0.3, 0.4) is 0 Å². The van der Waals surface area contributed by atoms with Crippen molar-refractivity contribution in [3.05, 3.63) is 58.6 Å². The van der Waals surface area contributed by atoms with Crippen LogP contribution in [0.25, 0.3) is 5.52 Å². The Bertz CT molecular complexity index is 823. The van der Waals surface area contributed by atoms with Gasteiger partial charge in [-0.3, -0.25) is 4.98 Å². The number of nitriles is 1. The van der Waals surface area contributed by atoms with Crippen molar-refractivity contribution in [1.82, 2.24) is 14.6 Å². The number of rotatable bonds is 3. The van der Waals surface area contributed by atoms with Crippen molar-refractivity contribution in [1.29, 1.82) is 5.26 Å². The highest BCUT2D eigenvalue weighted by Crippen LogP contribution is 2.30. The molecule has 0 unspecified atom stereocenters. The summed E-state index contributed by atoms with van der Waals surface area (Å²) in [6.07, 6.45) is 3.28. The molecule has 1 atom stereocenters. The van der Waals surface area contributed by atoms with Crippen LogP contribution in [0.4, 0.5) is 0 Å². The minimum Gasteiger partial charge on any atom is -0.482 e. The van der Waals surface area contributed by atoms with Gasteiger partial charge in [0.05, 0.1) is 5.69 Å². The van der Waals surface area contributed by atoms with Gasteiger partial charge in [0.1, 0.15) is 33.6 Å². The molecule has 0 spiro atoms. The Kier molecular flexibility index (Phi) is 3.59. The second-order valence-electron chi connectivity index (χ2n) is 4.46. The Morgan fingerprint density at radius 2 is 2.19 bits per heavy atom. The maximum absolute atomic E-state index is 9.28. The Labute approximate surface area is 129 Å². The molecule has 104 valence electrons. The second kappa shape index (κ2) is 5.54. The number of pyridine rings is 2. The molecule has 0 aliphatic carbocycles. The largest absolute Gasteiger partial charge is 0.482 e. The van der Waals surface area contributed by atoms with Crippen LogP contribution in [0.2, 0.25) is 0 Å². The fraction of sp³-hybridized carbons (Fsp3) is 0.133. The summed E-state index contributed by atoms with van der Waals surface area (Å²) in [5, 5.41) is 13.5. The first-order chi connectivity index (χ1) is 10.2. The molecular formula is C15H11BrN4O. The van der Waals surface area contributed by atoms with Crippen molar-refractivity contribution < 1.29 is 4.74 Å². The zero-order valence-corrected chi connectivity index (χ0v) is 12.8. The second-order valence-corrected chi connectivity index (χ2v) is 5.21. The molecule has 0 saturated heterocycles. The number of ether oxygens (including phenoxy) is 1. The summed E-state index contributed by atoms with van der Waals surface area (Å²) in [5.74, 6) is 0.602. The van der Waals surface area contributed by atoms with E-state index < -0.39 is 0 Å². The first-order valence-corrected chi connectivity index (χ1v) is 7.14. The summed E-state index contributed by atoms with van der Waals surface area (Å²) in [7, 11) is 0. The van der Waals surface area contributed by atoms with Gasteiger partial charge in [-0.25, -0.2) is 4.52 Å². The van der Waals surface area contributed by atoms with Gasteiger partial charge < -0.3 is 4.74 Å². The summed E-state index contributed by atoms with van der Waals surface area (Å²) in [4.78, 5) is 4.28. The van der Waals surface area contributed by atoms with Gasteiger partial charge in [0.2, 0.25) is 0 Å². The monoisotopic (exact) mass is 342 g/mol. The first-order valence-electron chi connectivity index (χ1n) is 6.35. The third-order valence-corrected chi connectivity index (χ3v) is 3.65. The van der Waals surface area contributed by atoms with E-state index in [0.717, 1.165) is 5.69 Å². The van der Waals surface area contributed by atoms with E-state index in [1.54, 1.807) is 16.9 Å². The Balaban J connectivity index is 2.03. The topological polar surface area (TPSA) is 63.2 Å². The minimum atomic E-state index is -0.224. The van der Waals surface area contributed by atoms with E-state index in [0.29, 0.717) is 21.4 Å². The van der Waals surface area contributed by atoms with Crippen molar-refractivity contribution in [3.63, 3.8) is 0 Å². The molecule has 3 aromatic heterocycles. The molecule has 3 rings (SSSR count). The maximum Gasteiger partial charge on any atom is 0.147 e. The molecule has 3 heterocycles. The minimum absolute atomic E-state index is 0.224. The molecule has 6 heteroatoms.